The fraction of sp³-hybridized carbons (Fsp3) is 0.200. The third-order valence-corrected chi connectivity index (χ3v) is 11.5. The quantitative estimate of drug-likeness (QED) is 0.207. The monoisotopic (exact) mass is 777 g/mol. The minimum absolute atomic E-state index is 0.118. The Balaban J connectivity index is 1.48. The van der Waals surface area contributed by atoms with Crippen molar-refractivity contribution in [3.63, 3.8) is 0 Å². The number of hydrogen-bond acceptors (Lipinski definition) is 6. The summed E-state index contributed by atoms with van der Waals surface area (Å²) in [7, 11) is -2.05. The molecule has 0 saturated carbocycles. The van der Waals surface area contributed by atoms with Crippen molar-refractivity contribution in [3.05, 3.63) is 140 Å². The number of nitrogens with zero attached hydrogens (tertiary/aromatic N) is 2. The predicted octanol–water partition coefficient (Wildman–Crippen LogP) is 7.84. The van der Waals surface area contributed by atoms with E-state index < -0.39 is 21.5 Å². The molecule has 4 aromatic rings. The van der Waals surface area contributed by atoms with Crippen molar-refractivity contribution in [3.8, 4) is 5.75 Å². The first kappa shape index (κ1) is 31.2. The molecule has 0 bridgehead atoms. The van der Waals surface area contributed by atoms with Gasteiger partial charge in [0, 0.05) is 43.5 Å². The normalized spacial score (nSPS) is 22.1. The number of benzene rings is 4. The number of rotatable bonds is 7. The van der Waals surface area contributed by atoms with E-state index in [1.54, 1.807) is 23.8 Å². The van der Waals surface area contributed by atoms with Crippen LogP contribution in [0.3, 0.4) is 0 Å². The Bertz CT molecular complexity index is 2020. The lowest BCUT2D eigenvalue weighted by atomic mass is 9.73. The molecule has 3 heterocycles. The number of hydrogen-bond donors (Lipinski definition) is 1. The van der Waals surface area contributed by atoms with Crippen LogP contribution in [0, 0.1) is 0 Å². The molecule has 3 atom stereocenters. The van der Waals surface area contributed by atoms with Crippen LogP contribution in [0.5, 0.6) is 5.75 Å². The van der Waals surface area contributed by atoms with Crippen LogP contribution in [0.15, 0.2) is 122 Å². The number of halogens is 2. The molecule has 1 amide bonds. The molecule has 3 aliphatic rings. The fourth-order valence-electron chi connectivity index (χ4n) is 6.65. The number of carbonyl (C=O) groups is 1. The summed E-state index contributed by atoms with van der Waals surface area (Å²) in [6, 6.07) is 31.5. The maximum Gasteiger partial charge on any atom is 0.260 e. The van der Waals surface area contributed by atoms with Gasteiger partial charge in [-0.15, -0.1) is 0 Å². The van der Waals surface area contributed by atoms with Crippen LogP contribution < -0.4 is 14.4 Å². The molecular weight excluding hydrogens is 750 g/mol. The molecule has 0 radical (unpaired) electrons. The number of sulfonamides is 1. The van der Waals surface area contributed by atoms with Gasteiger partial charge in [0.15, 0.2) is 5.54 Å². The summed E-state index contributed by atoms with van der Waals surface area (Å²) in [5.41, 5.74) is 4.31. The standard InChI is InChI=1S/C35H29Br2N3O4S2/c1-44-26-16-17-27-29(18-26)40(20-21-6-4-3-5-7-21)34(41)35(27)32(23-10-14-25(37)15-11-23)31-28(39-46(2,42)43)19-30(45-33(31)38-35)22-8-12-24(36)13-9-22/h3-18,30,32,39H,19-20H2,1-2H3/t30-,32+,35-/m0/s1. The summed E-state index contributed by atoms with van der Waals surface area (Å²) in [6.07, 6.45) is 1.59. The molecule has 0 aromatic heterocycles. The van der Waals surface area contributed by atoms with E-state index in [1.165, 1.54) is 0 Å². The number of allylic oxidation sites excluding steroid dienone is 1. The zero-order valence-corrected chi connectivity index (χ0v) is 29.7. The lowest BCUT2D eigenvalue weighted by Crippen LogP contribution is -2.42. The molecule has 46 heavy (non-hydrogen) atoms. The van der Waals surface area contributed by atoms with E-state index >= 15 is 4.79 Å². The van der Waals surface area contributed by atoms with Gasteiger partial charge in [0.25, 0.3) is 5.91 Å². The highest BCUT2D eigenvalue weighted by molar-refractivity contribution is 9.10. The van der Waals surface area contributed by atoms with Gasteiger partial charge in [0.2, 0.25) is 10.0 Å². The fourth-order valence-corrected chi connectivity index (χ4v) is 9.20. The lowest BCUT2D eigenvalue weighted by Gasteiger charge is -2.32. The smallest absolute Gasteiger partial charge is 0.260 e. The minimum atomic E-state index is -3.66. The van der Waals surface area contributed by atoms with Crippen LogP contribution >= 0.6 is 43.6 Å². The Kier molecular flexibility index (Phi) is 8.15. The van der Waals surface area contributed by atoms with Crippen LogP contribution in [0.1, 0.15) is 39.8 Å². The second kappa shape index (κ2) is 12.0. The third-order valence-electron chi connectivity index (χ3n) is 8.60. The van der Waals surface area contributed by atoms with Gasteiger partial charge in [-0.25, -0.2) is 8.42 Å². The Labute approximate surface area is 289 Å². The number of fused-ring (bicyclic) bond motifs is 3. The highest BCUT2D eigenvalue weighted by Crippen LogP contribution is 2.62. The van der Waals surface area contributed by atoms with Crippen molar-refractivity contribution in [2.45, 2.75) is 29.7 Å². The summed E-state index contributed by atoms with van der Waals surface area (Å²) in [6.45, 7) is 0.349. The third kappa shape index (κ3) is 5.51. The molecule has 0 aliphatic carbocycles. The van der Waals surface area contributed by atoms with E-state index in [9.17, 15) is 8.42 Å². The van der Waals surface area contributed by atoms with Crippen LogP contribution in [-0.2, 0) is 26.9 Å². The van der Waals surface area contributed by atoms with E-state index in [2.05, 4.69) is 36.6 Å². The molecule has 0 unspecified atom stereocenters. The molecule has 234 valence electrons. The van der Waals surface area contributed by atoms with E-state index in [-0.39, 0.29) is 11.2 Å². The number of thioether (sulfide) groups is 1. The van der Waals surface area contributed by atoms with Crippen molar-refractivity contribution in [2.24, 2.45) is 4.99 Å². The second-order valence-corrected chi connectivity index (χ2v) is 16.3. The molecule has 7 nitrogen and oxygen atoms in total. The number of ether oxygens (including phenoxy) is 1. The first-order chi connectivity index (χ1) is 22.1. The average molecular weight is 780 g/mol. The Morgan fingerprint density at radius 3 is 2.24 bits per heavy atom. The summed E-state index contributed by atoms with van der Waals surface area (Å²) in [5.74, 6) is -0.117. The molecule has 1 N–H and O–H groups in total. The number of aliphatic imine (C=N–C) groups is 1. The van der Waals surface area contributed by atoms with Gasteiger partial charge in [-0.3, -0.25) is 14.5 Å². The molecule has 1 spiro atoms. The second-order valence-electron chi connectivity index (χ2n) is 11.6. The van der Waals surface area contributed by atoms with Crippen molar-refractivity contribution in [2.75, 3.05) is 18.3 Å². The maximum absolute atomic E-state index is 15.2. The largest absolute Gasteiger partial charge is 0.497 e. The minimum Gasteiger partial charge on any atom is -0.497 e. The van der Waals surface area contributed by atoms with Gasteiger partial charge in [-0.2, -0.15) is 0 Å². The van der Waals surface area contributed by atoms with Gasteiger partial charge < -0.3 is 9.64 Å². The number of carbonyl (C=O) groups excluding carboxylic acids is 1. The highest BCUT2D eigenvalue weighted by Gasteiger charge is 2.62. The Hall–Kier alpha value is -3.38. The van der Waals surface area contributed by atoms with Crippen LogP contribution in [0.4, 0.5) is 5.69 Å². The first-order valence-electron chi connectivity index (χ1n) is 14.6. The van der Waals surface area contributed by atoms with Gasteiger partial charge >= 0.3 is 0 Å². The molecule has 4 aromatic carbocycles. The summed E-state index contributed by atoms with van der Waals surface area (Å²) >= 11 is 8.66. The van der Waals surface area contributed by atoms with Crippen molar-refractivity contribution in [1.82, 2.24) is 4.72 Å². The maximum atomic E-state index is 15.2. The van der Waals surface area contributed by atoms with Crippen LogP contribution in [0.2, 0.25) is 0 Å². The van der Waals surface area contributed by atoms with E-state index in [1.807, 2.05) is 97.1 Å². The van der Waals surface area contributed by atoms with Crippen molar-refractivity contribution >= 4 is 70.3 Å². The van der Waals surface area contributed by atoms with Crippen molar-refractivity contribution < 1.29 is 17.9 Å². The van der Waals surface area contributed by atoms with E-state index in [0.717, 1.165) is 48.7 Å². The molecule has 0 fully saturated rings. The molecule has 3 aliphatic heterocycles. The summed E-state index contributed by atoms with van der Waals surface area (Å²) in [4.78, 5) is 22.4. The van der Waals surface area contributed by atoms with Crippen molar-refractivity contribution in [1.29, 1.82) is 0 Å². The van der Waals surface area contributed by atoms with Gasteiger partial charge in [0.05, 0.1) is 36.6 Å². The summed E-state index contributed by atoms with van der Waals surface area (Å²) in [5, 5.41) is 0.544. The molecular formula is C35H29Br2N3O4S2. The number of amides is 1. The lowest BCUT2D eigenvalue weighted by molar-refractivity contribution is -0.123. The number of nitrogens with one attached hydrogen (secondary N) is 1. The number of methoxy groups -OCH3 is 1. The van der Waals surface area contributed by atoms with E-state index in [0.29, 0.717) is 29.5 Å². The number of anilines is 1. The average Bonchev–Trinajstić information content (AvgIpc) is 3.50. The predicted molar refractivity (Wildman–Crippen MR) is 191 cm³/mol. The van der Waals surface area contributed by atoms with E-state index in [4.69, 9.17) is 9.73 Å². The molecule has 11 heteroatoms. The van der Waals surface area contributed by atoms with Gasteiger partial charge in [-0.1, -0.05) is 104 Å². The first-order valence-corrected chi connectivity index (χ1v) is 19.0. The Morgan fingerprint density at radius 2 is 1.61 bits per heavy atom. The zero-order valence-electron chi connectivity index (χ0n) is 24.9. The van der Waals surface area contributed by atoms with Gasteiger partial charge in [0.1, 0.15) is 5.75 Å². The highest BCUT2D eigenvalue weighted by atomic mass is 79.9. The zero-order chi connectivity index (χ0) is 32.2. The van der Waals surface area contributed by atoms with Crippen LogP contribution in [0.25, 0.3) is 0 Å². The molecule has 0 saturated heterocycles. The van der Waals surface area contributed by atoms with Crippen LogP contribution in [-0.4, -0.2) is 32.7 Å². The van der Waals surface area contributed by atoms with Gasteiger partial charge in [-0.05, 0) is 47.0 Å². The SMILES string of the molecule is COc1ccc2c(c1)N(Cc1ccccc1)C(=O)[C@]21N=C2S[C@H](c3ccc(Br)cc3)CC(NS(C)(=O)=O)=C2[C@H]1c1ccc(Br)cc1. The summed E-state index contributed by atoms with van der Waals surface area (Å²) < 4.78 is 36.1. The topological polar surface area (TPSA) is 88.1 Å². The Morgan fingerprint density at radius 1 is 0.957 bits per heavy atom. The molecule has 7 rings (SSSR count).